The van der Waals surface area contributed by atoms with Gasteiger partial charge in [-0.25, -0.2) is 0 Å². The fraction of sp³-hybridized carbons (Fsp3) is 0.611. The van der Waals surface area contributed by atoms with Gasteiger partial charge in [-0.2, -0.15) is 0 Å². The molecule has 0 aromatic heterocycles. The molecule has 23 heavy (non-hydrogen) atoms. The molecule has 1 aromatic rings. The van der Waals surface area contributed by atoms with Crippen molar-refractivity contribution in [3.63, 3.8) is 0 Å². The second-order valence-corrected chi connectivity index (χ2v) is 6.32. The summed E-state index contributed by atoms with van der Waals surface area (Å²) in [5, 5.41) is 3.23. The predicted molar refractivity (Wildman–Crippen MR) is 88.3 cm³/mol. The molecule has 0 aliphatic carbocycles. The van der Waals surface area contributed by atoms with Crippen LogP contribution < -0.4 is 5.32 Å². The number of aryl methyl sites for hydroxylation is 1. The van der Waals surface area contributed by atoms with E-state index in [0.717, 1.165) is 26.0 Å². The molecular formula is C18H26N2O3. The molecule has 2 saturated heterocycles. The number of amides is 1. The van der Waals surface area contributed by atoms with Gasteiger partial charge in [-0.1, -0.05) is 24.3 Å². The van der Waals surface area contributed by atoms with E-state index in [1.165, 1.54) is 11.1 Å². The van der Waals surface area contributed by atoms with Crippen molar-refractivity contribution in [2.24, 2.45) is 0 Å². The zero-order valence-electron chi connectivity index (χ0n) is 13.8. The van der Waals surface area contributed by atoms with Crippen molar-refractivity contribution in [3.8, 4) is 0 Å². The van der Waals surface area contributed by atoms with Crippen LogP contribution in [0.3, 0.4) is 0 Å². The molecule has 1 aromatic carbocycles. The Labute approximate surface area is 137 Å². The summed E-state index contributed by atoms with van der Waals surface area (Å²) in [5.74, 6) is 0.143. The molecule has 1 amide bonds. The highest BCUT2D eigenvalue weighted by molar-refractivity contribution is 5.78. The Hall–Kier alpha value is -1.43. The summed E-state index contributed by atoms with van der Waals surface area (Å²) in [6.45, 7) is 5.97. The van der Waals surface area contributed by atoms with Crippen LogP contribution in [0, 0.1) is 6.92 Å². The van der Waals surface area contributed by atoms with Gasteiger partial charge in [-0.3, -0.25) is 4.79 Å². The lowest BCUT2D eigenvalue weighted by atomic mass is 10.0. The van der Waals surface area contributed by atoms with Crippen molar-refractivity contribution in [1.82, 2.24) is 10.2 Å². The zero-order chi connectivity index (χ0) is 16.1. The molecule has 5 nitrogen and oxygen atoms in total. The molecule has 2 heterocycles. The Morgan fingerprint density at radius 3 is 2.96 bits per heavy atom. The number of nitrogens with one attached hydrogen (secondary N) is 1. The third-order valence-corrected chi connectivity index (χ3v) is 4.63. The minimum absolute atomic E-state index is 0.0212. The minimum Gasteiger partial charge on any atom is -0.377 e. The maximum Gasteiger partial charge on any atom is 0.236 e. The number of benzene rings is 1. The number of hydrogen-bond donors (Lipinski definition) is 1. The van der Waals surface area contributed by atoms with Crippen LogP contribution in [0.15, 0.2) is 24.3 Å². The van der Waals surface area contributed by atoms with E-state index < -0.39 is 0 Å². The van der Waals surface area contributed by atoms with Crippen molar-refractivity contribution in [2.75, 3.05) is 39.4 Å². The Kier molecular flexibility index (Phi) is 5.65. The monoisotopic (exact) mass is 318 g/mol. The smallest absolute Gasteiger partial charge is 0.236 e. The minimum atomic E-state index is -0.0212. The Morgan fingerprint density at radius 2 is 2.17 bits per heavy atom. The zero-order valence-corrected chi connectivity index (χ0v) is 13.8. The summed E-state index contributed by atoms with van der Waals surface area (Å²) in [7, 11) is 0. The molecule has 2 aliphatic rings. The maximum atomic E-state index is 12.4. The second kappa shape index (κ2) is 7.90. The SMILES string of the molecule is Cc1ccccc1[C@@H]1CN(C(=O)CNC[C@H]2CCCO2)CCO1. The fourth-order valence-electron chi connectivity index (χ4n) is 3.27. The molecule has 126 valence electrons. The fourth-order valence-corrected chi connectivity index (χ4v) is 3.27. The summed E-state index contributed by atoms with van der Waals surface area (Å²) in [5.41, 5.74) is 2.39. The van der Waals surface area contributed by atoms with E-state index in [9.17, 15) is 4.79 Å². The van der Waals surface area contributed by atoms with Crippen LogP contribution >= 0.6 is 0 Å². The molecule has 0 radical (unpaired) electrons. The maximum absolute atomic E-state index is 12.4. The van der Waals surface area contributed by atoms with E-state index in [2.05, 4.69) is 24.4 Å². The number of ether oxygens (including phenoxy) is 2. The molecule has 2 atom stereocenters. The summed E-state index contributed by atoms with van der Waals surface area (Å²) in [4.78, 5) is 14.3. The lowest BCUT2D eigenvalue weighted by Crippen LogP contribution is -2.46. The molecule has 0 saturated carbocycles. The predicted octanol–water partition coefficient (Wildman–Crippen LogP) is 1.66. The number of nitrogens with zero attached hydrogens (tertiary/aromatic N) is 1. The molecule has 1 N–H and O–H groups in total. The highest BCUT2D eigenvalue weighted by Gasteiger charge is 2.26. The van der Waals surface area contributed by atoms with Crippen molar-refractivity contribution in [2.45, 2.75) is 32.0 Å². The third kappa shape index (κ3) is 4.31. The van der Waals surface area contributed by atoms with Crippen LogP contribution in [0.1, 0.15) is 30.1 Å². The standard InChI is InChI=1S/C18H26N2O3/c1-14-5-2-3-7-16(14)17-13-20(8-10-23-17)18(21)12-19-11-15-6-4-9-22-15/h2-3,5,7,15,17,19H,4,6,8-13H2,1H3/t15-,17+/m1/s1. The summed E-state index contributed by atoms with van der Waals surface area (Å²) < 4.78 is 11.4. The summed E-state index contributed by atoms with van der Waals surface area (Å²) in [6.07, 6.45) is 2.47. The van der Waals surface area contributed by atoms with Gasteiger partial charge in [0.2, 0.25) is 5.91 Å². The number of carbonyl (C=O) groups excluding carboxylic acids is 1. The first-order valence-electron chi connectivity index (χ1n) is 8.51. The van der Waals surface area contributed by atoms with Crippen LogP contribution in [0.5, 0.6) is 0 Å². The third-order valence-electron chi connectivity index (χ3n) is 4.63. The van der Waals surface area contributed by atoms with Gasteiger partial charge in [0.1, 0.15) is 6.10 Å². The van der Waals surface area contributed by atoms with Gasteiger partial charge >= 0.3 is 0 Å². The number of carbonyl (C=O) groups is 1. The van der Waals surface area contributed by atoms with E-state index >= 15 is 0 Å². The first-order valence-corrected chi connectivity index (χ1v) is 8.51. The summed E-state index contributed by atoms with van der Waals surface area (Å²) >= 11 is 0. The average molecular weight is 318 g/mol. The van der Waals surface area contributed by atoms with E-state index in [4.69, 9.17) is 9.47 Å². The first-order chi connectivity index (χ1) is 11.2. The molecule has 2 fully saturated rings. The molecule has 0 bridgehead atoms. The van der Waals surface area contributed by atoms with Crippen LogP contribution in [-0.4, -0.2) is 56.3 Å². The molecule has 5 heteroatoms. The molecule has 0 spiro atoms. The Balaban J connectivity index is 1.49. The van der Waals surface area contributed by atoms with Crippen molar-refractivity contribution < 1.29 is 14.3 Å². The van der Waals surface area contributed by atoms with Crippen LogP contribution in [0.4, 0.5) is 0 Å². The molecule has 2 aliphatic heterocycles. The highest BCUT2D eigenvalue weighted by atomic mass is 16.5. The molecule has 0 unspecified atom stereocenters. The lowest BCUT2D eigenvalue weighted by Gasteiger charge is -2.34. The average Bonchev–Trinajstić information content (AvgIpc) is 3.09. The van der Waals surface area contributed by atoms with Crippen molar-refractivity contribution in [1.29, 1.82) is 0 Å². The Morgan fingerprint density at radius 1 is 1.30 bits per heavy atom. The van der Waals surface area contributed by atoms with E-state index in [0.29, 0.717) is 26.2 Å². The van der Waals surface area contributed by atoms with Gasteiger partial charge in [0.25, 0.3) is 0 Å². The lowest BCUT2D eigenvalue weighted by molar-refractivity contribution is -0.138. The van der Waals surface area contributed by atoms with E-state index in [1.54, 1.807) is 0 Å². The first kappa shape index (κ1) is 16.4. The van der Waals surface area contributed by atoms with Gasteiger partial charge in [-0.15, -0.1) is 0 Å². The van der Waals surface area contributed by atoms with Gasteiger partial charge in [0.15, 0.2) is 0 Å². The van der Waals surface area contributed by atoms with Crippen LogP contribution in [0.25, 0.3) is 0 Å². The number of hydrogen-bond acceptors (Lipinski definition) is 4. The largest absolute Gasteiger partial charge is 0.377 e. The van der Waals surface area contributed by atoms with Gasteiger partial charge < -0.3 is 19.7 Å². The Bertz CT molecular complexity index is 529. The quantitative estimate of drug-likeness (QED) is 0.897. The second-order valence-electron chi connectivity index (χ2n) is 6.32. The van der Waals surface area contributed by atoms with Gasteiger partial charge in [0, 0.05) is 19.7 Å². The van der Waals surface area contributed by atoms with Crippen molar-refractivity contribution >= 4 is 5.91 Å². The molecular weight excluding hydrogens is 292 g/mol. The number of morpholine rings is 1. The normalized spacial score (nSPS) is 24.8. The van der Waals surface area contributed by atoms with Crippen molar-refractivity contribution in [3.05, 3.63) is 35.4 Å². The van der Waals surface area contributed by atoms with Gasteiger partial charge in [-0.05, 0) is 30.9 Å². The van der Waals surface area contributed by atoms with E-state index in [1.807, 2.05) is 17.0 Å². The number of rotatable bonds is 5. The van der Waals surface area contributed by atoms with Crippen LogP contribution in [-0.2, 0) is 14.3 Å². The topological polar surface area (TPSA) is 50.8 Å². The summed E-state index contributed by atoms with van der Waals surface area (Å²) in [6, 6.07) is 8.22. The van der Waals surface area contributed by atoms with Crippen LogP contribution in [0.2, 0.25) is 0 Å². The molecule has 3 rings (SSSR count). The van der Waals surface area contributed by atoms with E-state index in [-0.39, 0.29) is 18.1 Å². The highest BCUT2D eigenvalue weighted by Crippen LogP contribution is 2.24. The van der Waals surface area contributed by atoms with Gasteiger partial charge in [0.05, 0.1) is 25.8 Å².